The van der Waals surface area contributed by atoms with Gasteiger partial charge in [0.1, 0.15) is 4.90 Å². The van der Waals surface area contributed by atoms with E-state index in [-0.39, 0.29) is 10.8 Å². The van der Waals surface area contributed by atoms with E-state index in [2.05, 4.69) is 15.4 Å². The van der Waals surface area contributed by atoms with E-state index in [0.717, 1.165) is 6.42 Å². The van der Waals surface area contributed by atoms with Crippen LogP contribution in [-0.4, -0.2) is 35.8 Å². The van der Waals surface area contributed by atoms with Crippen LogP contribution in [-0.2, 0) is 10.0 Å². The number of hydrazine groups is 1. The fraction of sp³-hybridized carbons (Fsp3) is 0.636. The molecule has 0 aliphatic carbocycles. The number of aromatic nitrogens is 2. The Labute approximate surface area is 114 Å². The van der Waals surface area contributed by atoms with Crippen LogP contribution in [0.15, 0.2) is 17.3 Å². The maximum atomic E-state index is 12.4. The van der Waals surface area contributed by atoms with Gasteiger partial charge in [-0.2, -0.15) is 4.31 Å². The van der Waals surface area contributed by atoms with Gasteiger partial charge < -0.3 is 0 Å². The van der Waals surface area contributed by atoms with Crippen molar-refractivity contribution in [3.05, 3.63) is 12.4 Å². The molecule has 108 valence electrons. The van der Waals surface area contributed by atoms with Gasteiger partial charge in [0, 0.05) is 13.1 Å². The molecular formula is C11H21N5O2S. The average Bonchev–Trinajstić information content (AvgIpc) is 2.44. The van der Waals surface area contributed by atoms with Crippen LogP contribution in [0.3, 0.4) is 0 Å². The third-order valence-electron chi connectivity index (χ3n) is 2.96. The lowest BCUT2D eigenvalue weighted by atomic mass is 10.1. The molecule has 1 heterocycles. The Hall–Kier alpha value is -1.25. The quantitative estimate of drug-likeness (QED) is 0.568. The molecule has 0 aromatic carbocycles. The van der Waals surface area contributed by atoms with Crippen molar-refractivity contribution in [1.82, 2.24) is 14.3 Å². The molecule has 0 amide bonds. The Morgan fingerprint density at radius 1 is 1.37 bits per heavy atom. The average molecular weight is 287 g/mol. The van der Waals surface area contributed by atoms with Gasteiger partial charge in [0.15, 0.2) is 0 Å². The molecule has 0 saturated carbocycles. The van der Waals surface area contributed by atoms with Crippen LogP contribution in [0.4, 0.5) is 5.95 Å². The molecule has 19 heavy (non-hydrogen) atoms. The number of nitrogen functional groups attached to an aromatic ring is 1. The molecule has 0 saturated heterocycles. The van der Waals surface area contributed by atoms with Crippen molar-refractivity contribution in [3.63, 3.8) is 0 Å². The lowest BCUT2D eigenvalue weighted by molar-refractivity contribution is 0.361. The van der Waals surface area contributed by atoms with E-state index in [4.69, 9.17) is 5.84 Å². The topological polar surface area (TPSA) is 101 Å². The van der Waals surface area contributed by atoms with E-state index >= 15 is 0 Å². The van der Waals surface area contributed by atoms with E-state index < -0.39 is 10.0 Å². The van der Waals surface area contributed by atoms with Gasteiger partial charge in [-0.3, -0.25) is 5.43 Å². The van der Waals surface area contributed by atoms with Crippen LogP contribution in [0.1, 0.15) is 27.2 Å². The molecule has 0 aliphatic heterocycles. The van der Waals surface area contributed by atoms with Gasteiger partial charge in [0.25, 0.3) is 0 Å². The zero-order valence-electron chi connectivity index (χ0n) is 11.5. The third-order valence-corrected chi connectivity index (χ3v) is 4.85. The van der Waals surface area contributed by atoms with E-state index in [1.54, 1.807) is 0 Å². The van der Waals surface area contributed by atoms with Gasteiger partial charge >= 0.3 is 0 Å². The molecule has 1 atom stereocenters. The van der Waals surface area contributed by atoms with Crippen molar-refractivity contribution in [2.24, 2.45) is 11.8 Å². The number of hydrogen-bond acceptors (Lipinski definition) is 6. The molecule has 1 unspecified atom stereocenters. The summed E-state index contributed by atoms with van der Waals surface area (Å²) in [5.74, 6) is 5.63. The molecule has 1 rings (SSSR count). The largest absolute Gasteiger partial charge is 0.292 e. The highest BCUT2D eigenvalue weighted by molar-refractivity contribution is 7.89. The number of nitrogens with zero attached hydrogens (tertiary/aromatic N) is 3. The molecule has 1 aromatic heterocycles. The van der Waals surface area contributed by atoms with Gasteiger partial charge in [0.2, 0.25) is 16.0 Å². The van der Waals surface area contributed by atoms with E-state index in [0.29, 0.717) is 19.0 Å². The fourth-order valence-corrected chi connectivity index (χ4v) is 3.01. The summed E-state index contributed by atoms with van der Waals surface area (Å²) in [6.07, 6.45) is 3.45. The molecule has 3 N–H and O–H groups in total. The summed E-state index contributed by atoms with van der Waals surface area (Å²) in [6.45, 7) is 6.79. The highest BCUT2D eigenvalue weighted by atomic mass is 32.2. The second-order valence-electron chi connectivity index (χ2n) is 4.36. The first-order chi connectivity index (χ1) is 8.95. The summed E-state index contributed by atoms with van der Waals surface area (Å²) in [5, 5.41) is 0. The van der Waals surface area contributed by atoms with Crippen molar-refractivity contribution < 1.29 is 8.42 Å². The van der Waals surface area contributed by atoms with Crippen molar-refractivity contribution in [2.45, 2.75) is 32.1 Å². The van der Waals surface area contributed by atoms with Gasteiger partial charge in [-0.05, 0) is 5.92 Å². The first kappa shape index (κ1) is 15.8. The SMILES string of the molecule is CCC(C)CN(CC)S(=O)(=O)c1cnc(NN)nc1. The maximum absolute atomic E-state index is 12.4. The minimum absolute atomic E-state index is 0.0802. The van der Waals surface area contributed by atoms with Crippen molar-refractivity contribution >= 4 is 16.0 Å². The summed E-state index contributed by atoms with van der Waals surface area (Å²) in [4.78, 5) is 7.73. The van der Waals surface area contributed by atoms with Crippen LogP contribution in [0.2, 0.25) is 0 Å². The van der Waals surface area contributed by atoms with Crippen molar-refractivity contribution in [2.75, 3.05) is 18.5 Å². The number of nitrogens with two attached hydrogens (primary N) is 1. The summed E-state index contributed by atoms with van der Waals surface area (Å²) >= 11 is 0. The minimum Gasteiger partial charge on any atom is -0.292 e. The first-order valence-electron chi connectivity index (χ1n) is 6.24. The summed E-state index contributed by atoms with van der Waals surface area (Å²) < 4.78 is 26.3. The van der Waals surface area contributed by atoms with Crippen LogP contribution < -0.4 is 11.3 Å². The second kappa shape index (κ2) is 6.78. The Morgan fingerprint density at radius 2 is 1.95 bits per heavy atom. The van der Waals surface area contributed by atoms with E-state index in [1.807, 2.05) is 20.8 Å². The predicted octanol–water partition coefficient (Wildman–Crippen LogP) is 0.819. The number of hydrogen-bond donors (Lipinski definition) is 2. The normalized spacial score (nSPS) is 13.5. The summed E-state index contributed by atoms with van der Waals surface area (Å²) in [5.41, 5.74) is 2.26. The first-order valence-corrected chi connectivity index (χ1v) is 7.68. The van der Waals surface area contributed by atoms with Crippen LogP contribution in [0.5, 0.6) is 0 Å². The molecular weight excluding hydrogens is 266 g/mol. The van der Waals surface area contributed by atoms with E-state index in [9.17, 15) is 8.42 Å². The number of nitrogens with one attached hydrogen (secondary N) is 1. The van der Waals surface area contributed by atoms with Gasteiger partial charge in [-0.15, -0.1) is 0 Å². The predicted molar refractivity (Wildman–Crippen MR) is 73.7 cm³/mol. The van der Waals surface area contributed by atoms with Gasteiger partial charge in [-0.1, -0.05) is 27.2 Å². The Kier molecular flexibility index (Phi) is 5.64. The van der Waals surface area contributed by atoms with Crippen LogP contribution >= 0.6 is 0 Å². The van der Waals surface area contributed by atoms with Crippen molar-refractivity contribution in [3.8, 4) is 0 Å². The minimum atomic E-state index is -3.54. The van der Waals surface area contributed by atoms with Gasteiger partial charge in [-0.25, -0.2) is 24.2 Å². The van der Waals surface area contributed by atoms with E-state index in [1.165, 1.54) is 16.7 Å². The monoisotopic (exact) mass is 287 g/mol. The lowest BCUT2D eigenvalue weighted by Crippen LogP contribution is -2.34. The molecule has 8 heteroatoms. The molecule has 1 aromatic rings. The zero-order chi connectivity index (χ0) is 14.5. The Morgan fingerprint density at radius 3 is 2.37 bits per heavy atom. The van der Waals surface area contributed by atoms with Crippen LogP contribution in [0, 0.1) is 5.92 Å². The highest BCUT2D eigenvalue weighted by Gasteiger charge is 2.25. The third kappa shape index (κ3) is 3.85. The summed E-state index contributed by atoms with van der Waals surface area (Å²) in [7, 11) is -3.54. The highest BCUT2D eigenvalue weighted by Crippen LogP contribution is 2.16. The second-order valence-corrected chi connectivity index (χ2v) is 6.29. The molecule has 7 nitrogen and oxygen atoms in total. The number of sulfonamides is 1. The summed E-state index contributed by atoms with van der Waals surface area (Å²) in [6, 6.07) is 0. The standard InChI is InChI=1S/C11H21N5O2S/c1-4-9(3)8-16(5-2)19(17,18)10-6-13-11(15-12)14-7-10/h6-7,9H,4-5,8,12H2,1-3H3,(H,13,14,15). The number of rotatable bonds is 7. The fourth-order valence-electron chi connectivity index (χ4n) is 1.55. The Bertz CT molecular complexity index is 488. The van der Waals surface area contributed by atoms with Crippen LogP contribution in [0.25, 0.3) is 0 Å². The van der Waals surface area contributed by atoms with Crippen molar-refractivity contribution in [1.29, 1.82) is 0 Å². The molecule has 0 radical (unpaired) electrons. The smallest absolute Gasteiger partial charge is 0.246 e. The Balaban J connectivity index is 2.99. The molecule has 0 aliphatic rings. The van der Waals surface area contributed by atoms with Gasteiger partial charge in [0.05, 0.1) is 12.4 Å². The number of anilines is 1. The molecule has 0 bridgehead atoms. The maximum Gasteiger partial charge on any atom is 0.246 e. The zero-order valence-corrected chi connectivity index (χ0v) is 12.3. The molecule has 0 fully saturated rings. The lowest BCUT2D eigenvalue weighted by Gasteiger charge is -2.23. The molecule has 0 spiro atoms.